The van der Waals surface area contributed by atoms with Crippen LogP contribution in [0.1, 0.15) is 40.5 Å². The van der Waals surface area contributed by atoms with Crippen molar-refractivity contribution < 1.29 is 0 Å². The number of rotatable bonds is 6. The molecule has 0 bridgehead atoms. The fraction of sp³-hybridized carbons (Fsp3) is 1.00. The molecule has 14 heavy (non-hydrogen) atoms. The summed E-state index contributed by atoms with van der Waals surface area (Å²) in [6, 6.07) is 0. The van der Waals surface area contributed by atoms with E-state index in [-0.39, 0.29) is 5.54 Å². The van der Waals surface area contributed by atoms with E-state index in [2.05, 4.69) is 33.0 Å². The molecular formula is C11H23Cl2N. The highest BCUT2D eigenvalue weighted by atomic mass is 35.5. The van der Waals surface area contributed by atoms with Crippen LogP contribution in [0.4, 0.5) is 0 Å². The summed E-state index contributed by atoms with van der Waals surface area (Å²) in [5, 5.41) is 3.47. The monoisotopic (exact) mass is 239 g/mol. The number of hydrogen-bond acceptors (Lipinski definition) is 1. The summed E-state index contributed by atoms with van der Waals surface area (Å²) >= 11 is 11.9. The van der Waals surface area contributed by atoms with Crippen molar-refractivity contribution in [3.63, 3.8) is 0 Å². The Labute approximate surface area is 98.5 Å². The lowest BCUT2D eigenvalue weighted by Gasteiger charge is -2.31. The summed E-state index contributed by atoms with van der Waals surface area (Å²) in [4.78, 5) is 0. The van der Waals surface area contributed by atoms with E-state index < -0.39 is 0 Å². The number of hydrogen-bond donors (Lipinski definition) is 1. The van der Waals surface area contributed by atoms with Gasteiger partial charge in [-0.25, -0.2) is 0 Å². The maximum Gasteiger partial charge on any atom is 0.0451 e. The van der Waals surface area contributed by atoms with Crippen molar-refractivity contribution in [2.24, 2.45) is 5.41 Å². The zero-order valence-electron chi connectivity index (χ0n) is 9.79. The number of nitrogens with one attached hydrogen (secondary N) is 1. The van der Waals surface area contributed by atoms with Crippen molar-refractivity contribution in [3.05, 3.63) is 0 Å². The number of halogens is 2. The van der Waals surface area contributed by atoms with Crippen molar-refractivity contribution in [1.29, 1.82) is 0 Å². The quantitative estimate of drug-likeness (QED) is 0.699. The second kappa shape index (κ2) is 6.19. The lowest BCUT2D eigenvalue weighted by Crippen LogP contribution is -2.49. The van der Waals surface area contributed by atoms with Gasteiger partial charge in [0.25, 0.3) is 0 Å². The zero-order valence-corrected chi connectivity index (χ0v) is 11.3. The van der Waals surface area contributed by atoms with Crippen LogP contribution in [0.2, 0.25) is 0 Å². The van der Waals surface area contributed by atoms with Gasteiger partial charge in [0.15, 0.2) is 0 Å². The molecule has 0 spiro atoms. The topological polar surface area (TPSA) is 12.0 Å². The third-order valence-corrected chi connectivity index (χ3v) is 3.59. The maximum atomic E-state index is 5.93. The molecule has 86 valence electrons. The van der Waals surface area contributed by atoms with Crippen molar-refractivity contribution in [1.82, 2.24) is 5.32 Å². The van der Waals surface area contributed by atoms with E-state index in [9.17, 15) is 0 Å². The fourth-order valence-corrected chi connectivity index (χ4v) is 2.00. The first-order chi connectivity index (χ1) is 6.39. The minimum absolute atomic E-state index is 0.0750. The highest BCUT2D eigenvalue weighted by molar-refractivity contribution is 6.22. The Morgan fingerprint density at radius 3 is 1.86 bits per heavy atom. The van der Waals surface area contributed by atoms with Crippen LogP contribution in [-0.4, -0.2) is 23.8 Å². The fourth-order valence-electron chi connectivity index (χ4n) is 1.15. The molecule has 0 radical (unpaired) electrons. The average molecular weight is 240 g/mol. The van der Waals surface area contributed by atoms with Crippen LogP contribution < -0.4 is 5.32 Å². The third kappa shape index (κ3) is 5.43. The van der Waals surface area contributed by atoms with Crippen molar-refractivity contribution in [2.75, 3.05) is 18.3 Å². The Morgan fingerprint density at radius 2 is 1.57 bits per heavy atom. The van der Waals surface area contributed by atoms with Gasteiger partial charge in [-0.15, -0.1) is 23.2 Å². The van der Waals surface area contributed by atoms with Gasteiger partial charge in [-0.05, 0) is 24.8 Å². The Bertz CT molecular complexity index is 140. The molecule has 1 N–H and O–H groups in total. The van der Waals surface area contributed by atoms with Crippen LogP contribution in [0.3, 0.4) is 0 Å². The zero-order chi connectivity index (χ0) is 11.2. The molecule has 0 saturated carbocycles. The Hall–Kier alpha value is 0.540. The molecule has 0 fully saturated rings. The van der Waals surface area contributed by atoms with Gasteiger partial charge >= 0.3 is 0 Å². The van der Waals surface area contributed by atoms with Gasteiger partial charge in [0.1, 0.15) is 0 Å². The summed E-state index contributed by atoms with van der Waals surface area (Å²) in [5.74, 6) is 1.16. The Balaban J connectivity index is 3.95. The van der Waals surface area contributed by atoms with Gasteiger partial charge in [0.05, 0.1) is 0 Å². The van der Waals surface area contributed by atoms with E-state index in [1.807, 2.05) is 0 Å². The molecule has 0 atom stereocenters. The third-order valence-electron chi connectivity index (χ3n) is 2.56. The molecule has 0 aliphatic heterocycles. The van der Waals surface area contributed by atoms with Crippen LogP contribution in [0.5, 0.6) is 0 Å². The molecule has 0 amide bonds. The number of alkyl halides is 2. The molecule has 0 aromatic rings. The van der Waals surface area contributed by atoms with E-state index in [4.69, 9.17) is 23.2 Å². The van der Waals surface area contributed by atoms with Crippen LogP contribution in [0.15, 0.2) is 0 Å². The average Bonchev–Trinajstić information content (AvgIpc) is 2.11. The predicted molar refractivity (Wildman–Crippen MR) is 66.5 cm³/mol. The molecule has 0 saturated heterocycles. The van der Waals surface area contributed by atoms with E-state index in [1.54, 1.807) is 0 Å². The molecule has 0 unspecified atom stereocenters. The lowest BCUT2D eigenvalue weighted by molar-refractivity contribution is 0.319. The summed E-state index contributed by atoms with van der Waals surface area (Å²) in [5.41, 5.74) is 0.291. The second-order valence-electron chi connectivity index (χ2n) is 5.14. The molecule has 1 nitrogen and oxygen atoms in total. The summed E-state index contributed by atoms with van der Waals surface area (Å²) in [7, 11) is 0. The van der Waals surface area contributed by atoms with E-state index in [1.165, 1.54) is 0 Å². The van der Waals surface area contributed by atoms with E-state index in [0.717, 1.165) is 19.4 Å². The van der Waals surface area contributed by atoms with Gasteiger partial charge in [-0.2, -0.15) is 0 Å². The maximum absolute atomic E-state index is 5.93. The first kappa shape index (κ1) is 14.5. The predicted octanol–water partition coefficient (Wildman–Crippen LogP) is 3.64. The lowest BCUT2D eigenvalue weighted by atomic mass is 9.91. The van der Waals surface area contributed by atoms with Crippen LogP contribution in [0, 0.1) is 5.41 Å². The SMILES string of the molecule is CCC(CCl)(CCl)NCCC(C)(C)C. The minimum Gasteiger partial charge on any atom is -0.309 e. The molecule has 0 aliphatic rings. The van der Waals surface area contributed by atoms with Crippen molar-refractivity contribution in [3.8, 4) is 0 Å². The van der Waals surface area contributed by atoms with Crippen LogP contribution >= 0.6 is 23.2 Å². The highest BCUT2D eigenvalue weighted by Gasteiger charge is 2.25. The molecule has 0 rings (SSSR count). The Kier molecular flexibility index (Phi) is 6.43. The molecule has 0 heterocycles. The van der Waals surface area contributed by atoms with Gasteiger partial charge in [-0.1, -0.05) is 27.7 Å². The van der Waals surface area contributed by atoms with E-state index in [0.29, 0.717) is 17.2 Å². The second-order valence-corrected chi connectivity index (χ2v) is 5.67. The van der Waals surface area contributed by atoms with Gasteiger partial charge in [0, 0.05) is 17.3 Å². The largest absolute Gasteiger partial charge is 0.309 e. The summed E-state index contributed by atoms with van der Waals surface area (Å²) < 4.78 is 0. The van der Waals surface area contributed by atoms with Gasteiger partial charge in [0.2, 0.25) is 0 Å². The summed E-state index contributed by atoms with van der Waals surface area (Å²) in [6.45, 7) is 9.82. The van der Waals surface area contributed by atoms with Crippen LogP contribution in [0.25, 0.3) is 0 Å². The normalized spacial score (nSPS) is 13.3. The van der Waals surface area contributed by atoms with Crippen LogP contribution in [-0.2, 0) is 0 Å². The van der Waals surface area contributed by atoms with E-state index >= 15 is 0 Å². The minimum atomic E-state index is -0.0750. The molecular weight excluding hydrogens is 217 g/mol. The molecule has 0 aliphatic carbocycles. The van der Waals surface area contributed by atoms with Crippen molar-refractivity contribution in [2.45, 2.75) is 46.1 Å². The molecule has 3 heteroatoms. The van der Waals surface area contributed by atoms with Gasteiger partial charge < -0.3 is 5.32 Å². The van der Waals surface area contributed by atoms with Crippen molar-refractivity contribution >= 4 is 23.2 Å². The van der Waals surface area contributed by atoms with Gasteiger partial charge in [-0.3, -0.25) is 0 Å². The molecule has 0 aromatic heterocycles. The first-order valence-electron chi connectivity index (χ1n) is 5.26. The Morgan fingerprint density at radius 1 is 1.07 bits per heavy atom. The smallest absolute Gasteiger partial charge is 0.0451 e. The highest BCUT2D eigenvalue weighted by Crippen LogP contribution is 2.19. The summed E-state index contributed by atoms with van der Waals surface area (Å²) in [6.07, 6.45) is 2.12. The standard InChI is InChI=1S/C11H23Cl2N/c1-5-11(8-12,9-13)14-7-6-10(2,3)4/h14H,5-9H2,1-4H3. The molecule has 0 aromatic carbocycles. The first-order valence-corrected chi connectivity index (χ1v) is 6.33.